The number of nitrogens with one attached hydrogen (secondary N) is 1. The van der Waals surface area contributed by atoms with Crippen LogP contribution in [0.5, 0.6) is 0 Å². The molecule has 2 aromatic rings. The Balaban J connectivity index is 1.74. The van der Waals surface area contributed by atoms with Crippen LogP contribution < -0.4 is 11.1 Å². The van der Waals surface area contributed by atoms with E-state index in [1.807, 2.05) is 0 Å². The van der Waals surface area contributed by atoms with Crippen LogP contribution in [0.4, 0.5) is 0 Å². The Hall–Kier alpha value is -1.97. The smallest absolute Gasteiger partial charge is 0.188 e. The van der Waals surface area contributed by atoms with Gasteiger partial charge in [0.05, 0.1) is 0 Å². The zero-order chi connectivity index (χ0) is 15.1. The van der Waals surface area contributed by atoms with Crippen LogP contribution in [-0.4, -0.2) is 23.6 Å². The topological polar surface area (TPSA) is 55.3 Å². The van der Waals surface area contributed by atoms with Gasteiger partial charge in [-0.25, -0.2) is 0 Å². The molecule has 0 aliphatic heterocycles. The average Bonchev–Trinajstić information content (AvgIpc) is 2.86. The Bertz CT molecular complexity index is 583. The van der Waals surface area contributed by atoms with E-state index in [9.17, 15) is 0 Å². The molecule has 0 atom stereocenters. The van der Waals surface area contributed by atoms with Crippen molar-refractivity contribution in [2.24, 2.45) is 16.6 Å². The van der Waals surface area contributed by atoms with Crippen molar-refractivity contribution in [2.75, 3.05) is 13.1 Å². The first kappa shape index (κ1) is 15.4. The maximum absolute atomic E-state index is 5.84. The van der Waals surface area contributed by atoms with E-state index in [0.717, 1.165) is 32.5 Å². The second kappa shape index (κ2) is 7.72. The number of nitrogens with two attached hydrogens (primary N) is 1. The first-order chi connectivity index (χ1) is 10.2. The molecule has 0 saturated heterocycles. The second-order valence-electron chi connectivity index (χ2n) is 5.80. The van der Waals surface area contributed by atoms with Gasteiger partial charge in [0, 0.05) is 31.3 Å². The zero-order valence-electron chi connectivity index (χ0n) is 13.0. The molecule has 114 valence electrons. The standard InChI is InChI=1S/C17H26N4/c1-14(2)8-11-20-17(18)19-10-5-12-21-13-9-15-6-3-4-7-16(15)21/h3-4,6-7,9,13-14H,5,8,10-12H2,1-2H3,(H3,18,19,20). The van der Waals surface area contributed by atoms with E-state index in [0.29, 0.717) is 11.9 Å². The van der Waals surface area contributed by atoms with Crippen molar-refractivity contribution in [3.05, 3.63) is 36.5 Å². The van der Waals surface area contributed by atoms with Gasteiger partial charge in [0.1, 0.15) is 0 Å². The SMILES string of the molecule is CC(C)CCNC(N)=NCCCn1ccc2ccccc21. The molecule has 4 heteroatoms. The largest absolute Gasteiger partial charge is 0.370 e. The monoisotopic (exact) mass is 286 g/mol. The molecule has 0 spiro atoms. The van der Waals surface area contributed by atoms with E-state index in [1.165, 1.54) is 10.9 Å². The molecular weight excluding hydrogens is 260 g/mol. The van der Waals surface area contributed by atoms with Crippen LogP contribution in [0, 0.1) is 5.92 Å². The number of guanidine groups is 1. The van der Waals surface area contributed by atoms with E-state index in [-0.39, 0.29) is 0 Å². The summed E-state index contributed by atoms with van der Waals surface area (Å²) < 4.78 is 2.27. The van der Waals surface area contributed by atoms with Crippen molar-refractivity contribution in [1.82, 2.24) is 9.88 Å². The van der Waals surface area contributed by atoms with E-state index in [1.54, 1.807) is 0 Å². The zero-order valence-corrected chi connectivity index (χ0v) is 13.0. The van der Waals surface area contributed by atoms with Gasteiger partial charge in [-0.05, 0) is 36.3 Å². The second-order valence-corrected chi connectivity index (χ2v) is 5.80. The van der Waals surface area contributed by atoms with E-state index in [2.05, 4.69) is 65.3 Å². The summed E-state index contributed by atoms with van der Waals surface area (Å²) in [5.41, 5.74) is 7.12. The van der Waals surface area contributed by atoms with E-state index >= 15 is 0 Å². The van der Waals surface area contributed by atoms with Gasteiger partial charge in [-0.1, -0.05) is 32.0 Å². The third kappa shape index (κ3) is 4.81. The van der Waals surface area contributed by atoms with Gasteiger partial charge in [0.25, 0.3) is 0 Å². The van der Waals surface area contributed by atoms with Gasteiger partial charge in [0.15, 0.2) is 5.96 Å². The molecule has 0 aliphatic rings. The van der Waals surface area contributed by atoms with Crippen molar-refractivity contribution in [3.8, 4) is 0 Å². The van der Waals surface area contributed by atoms with Crippen molar-refractivity contribution < 1.29 is 0 Å². The molecular formula is C17H26N4. The van der Waals surface area contributed by atoms with Crippen LogP contribution in [0.15, 0.2) is 41.5 Å². The Morgan fingerprint density at radius 2 is 2.10 bits per heavy atom. The Morgan fingerprint density at radius 1 is 1.29 bits per heavy atom. The first-order valence-corrected chi connectivity index (χ1v) is 7.74. The van der Waals surface area contributed by atoms with Gasteiger partial charge in [-0.3, -0.25) is 4.99 Å². The number of benzene rings is 1. The fourth-order valence-corrected chi connectivity index (χ4v) is 2.32. The third-order valence-electron chi connectivity index (χ3n) is 3.55. The van der Waals surface area contributed by atoms with Gasteiger partial charge in [-0.2, -0.15) is 0 Å². The van der Waals surface area contributed by atoms with Crippen molar-refractivity contribution in [3.63, 3.8) is 0 Å². The molecule has 0 amide bonds. The molecule has 0 unspecified atom stereocenters. The molecule has 1 aromatic heterocycles. The number of hydrogen-bond donors (Lipinski definition) is 2. The molecule has 0 bridgehead atoms. The van der Waals surface area contributed by atoms with Gasteiger partial charge in [-0.15, -0.1) is 0 Å². The van der Waals surface area contributed by atoms with Gasteiger partial charge >= 0.3 is 0 Å². The van der Waals surface area contributed by atoms with Crippen molar-refractivity contribution in [2.45, 2.75) is 33.2 Å². The molecule has 4 nitrogen and oxygen atoms in total. The summed E-state index contributed by atoms with van der Waals surface area (Å²) in [6.07, 6.45) is 4.25. The Morgan fingerprint density at radius 3 is 2.90 bits per heavy atom. The lowest BCUT2D eigenvalue weighted by Crippen LogP contribution is -2.33. The average molecular weight is 286 g/mol. The summed E-state index contributed by atoms with van der Waals surface area (Å²) in [4.78, 5) is 4.37. The number of nitrogens with zero attached hydrogens (tertiary/aromatic N) is 2. The predicted octanol–water partition coefficient (Wildman–Crippen LogP) is 2.98. The van der Waals surface area contributed by atoms with Crippen LogP contribution in [0.3, 0.4) is 0 Å². The van der Waals surface area contributed by atoms with Gasteiger partial charge in [0.2, 0.25) is 0 Å². The summed E-state index contributed by atoms with van der Waals surface area (Å²) in [6.45, 7) is 7.03. The normalized spacial score (nSPS) is 12.2. The lowest BCUT2D eigenvalue weighted by atomic mass is 10.1. The lowest BCUT2D eigenvalue weighted by Gasteiger charge is -2.08. The van der Waals surface area contributed by atoms with Crippen LogP contribution in [0.2, 0.25) is 0 Å². The number of para-hydroxylation sites is 1. The summed E-state index contributed by atoms with van der Waals surface area (Å²) in [6, 6.07) is 10.6. The molecule has 1 heterocycles. The molecule has 0 aliphatic carbocycles. The van der Waals surface area contributed by atoms with Crippen LogP contribution >= 0.6 is 0 Å². The predicted molar refractivity (Wildman–Crippen MR) is 90.5 cm³/mol. The molecule has 2 rings (SSSR count). The minimum Gasteiger partial charge on any atom is -0.370 e. The Kier molecular flexibility index (Phi) is 5.67. The molecule has 3 N–H and O–H groups in total. The number of aromatic nitrogens is 1. The molecule has 21 heavy (non-hydrogen) atoms. The number of aryl methyl sites for hydroxylation is 1. The highest BCUT2D eigenvalue weighted by Crippen LogP contribution is 2.15. The third-order valence-corrected chi connectivity index (χ3v) is 3.55. The number of hydrogen-bond acceptors (Lipinski definition) is 1. The first-order valence-electron chi connectivity index (χ1n) is 7.74. The fraction of sp³-hybridized carbons (Fsp3) is 0.471. The van der Waals surface area contributed by atoms with Crippen molar-refractivity contribution in [1.29, 1.82) is 0 Å². The lowest BCUT2D eigenvalue weighted by molar-refractivity contribution is 0.576. The summed E-state index contributed by atoms with van der Waals surface area (Å²) in [5, 5.41) is 4.45. The number of aliphatic imine (C=N–C) groups is 1. The minimum atomic E-state index is 0.563. The molecule has 1 aromatic carbocycles. The quantitative estimate of drug-likeness (QED) is 0.467. The summed E-state index contributed by atoms with van der Waals surface area (Å²) in [7, 11) is 0. The van der Waals surface area contributed by atoms with Crippen LogP contribution in [0.1, 0.15) is 26.7 Å². The number of rotatable bonds is 7. The van der Waals surface area contributed by atoms with Crippen LogP contribution in [0.25, 0.3) is 10.9 Å². The van der Waals surface area contributed by atoms with E-state index < -0.39 is 0 Å². The maximum Gasteiger partial charge on any atom is 0.188 e. The highest BCUT2D eigenvalue weighted by atomic mass is 15.1. The van der Waals surface area contributed by atoms with Gasteiger partial charge < -0.3 is 15.6 Å². The fourth-order valence-electron chi connectivity index (χ4n) is 2.32. The molecule has 0 saturated carbocycles. The molecule has 0 radical (unpaired) electrons. The van der Waals surface area contributed by atoms with Crippen molar-refractivity contribution >= 4 is 16.9 Å². The molecule has 0 fully saturated rings. The minimum absolute atomic E-state index is 0.563. The highest BCUT2D eigenvalue weighted by Gasteiger charge is 1.99. The highest BCUT2D eigenvalue weighted by molar-refractivity contribution is 5.80. The Labute approximate surface area is 127 Å². The van der Waals surface area contributed by atoms with Crippen LogP contribution in [-0.2, 0) is 6.54 Å². The van der Waals surface area contributed by atoms with E-state index in [4.69, 9.17) is 5.73 Å². The summed E-state index contributed by atoms with van der Waals surface area (Å²) in [5.74, 6) is 1.25. The summed E-state index contributed by atoms with van der Waals surface area (Å²) >= 11 is 0. The maximum atomic E-state index is 5.84. The number of fused-ring (bicyclic) bond motifs is 1.